The van der Waals surface area contributed by atoms with E-state index in [2.05, 4.69) is 15.0 Å². The van der Waals surface area contributed by atoms with Crippen molar-refractivity contribution in [3.05, 3.63) is 64.8 Å². The molecule has 0 aliphatic heterocycles. The number of amides is 1. The molecule has 0 aliphatic rings. The molecule has 0 spiro atoms. The molecule has 1 aromatic heterocycles. The second-order valence-electron chi connectivity index (χ2n) is 5.85. The Kier molecular flexibility index (Phi) is 4.84. The lowest BCUT2D eigenvalue weighted by atomic mass is 10.1. The van der Waals surface area contributed by atoms with E-state index >= 15 is 0 Å². The summed E-state index contributed by atoms with van der Waals surface area (Å²) in [5, 5.41) is 4.08. The van der Waals surface area contributed by atoms with E-state index in [-0.39, 0.29) is 5.91 Å². The molecule has 8 heteroatoms. The Morgan fingerprint density at radius 1 is 1.12 bits per heavy atom. The number of fused-ring (bicyclic) bond motifs is 1. The van der Waals surface area contributed by atoms with Crippen molar-refractivity contribution in [2.24, 2.45) is 0 Å². The first-order valence-corrected chi connectivity index (χ1v) is 9.94. The molecule has 0 saturated heterocycles. The van der Waals surface area contributed by atoms with Crippen LogP contribution in [0.3, 0.4) is 0 Å². The van der Waals surface area contributed by atoms with Gasteiger partial charge in [0.05, 0.1) is 28.2 Å². The third-order valence-electron chi connectivity index (χ3n) is 3.76. The normalized spacial score (nSPS) is 11.3. The van der Waals surface area contributed by atoms with Gasteiger partial charge in [-0.05, 0) is 48.9 Å². The minimum atomic E-state index is -3.44. The molecule has 0 atom stereocenters. The number of carbonyl (C=O) groups is 1. The zero-order chi connectivity index (χ0) is 18.9. The van der Waals surface area contributed by atoms with Gasteiger partial charge >= 0.3 is 0 Å². The van der Waals surface area contributed by atoms with Gasteiger partial charge in [-0.2, -0.15) is 0 Å². The minimum absolute atomic E-state index is 0.320. The van der Waals surface area contributed by atoms with Gasteiger partial charge in [0, 0.05) is 17.1 Å². The van der Waals surface area contributed by atoms with Gasteiger partial charge in [0.25, 0.3) is 5.91 Å². The highest BCUT2D eigenvalue weighted by atomic mass is 35.5. The lowest BCUT2D eigenvalue weighted by Crippen LogP contribution is -2.15. The van der Waals surface area contributed by atoms with E-state index in [4.69, 9.17) is 11.6 Å². The summed E-state index contributed by atoms with van der Waals surface area (Å²) in [5.41, 5.74) is 2.49. The number of rotatable bonds is 4. The highest BCUT2D eigenvalue weighted by molar-refractivity contribution is 7.92. The molecule has 0 bridgehead atoms. The molecule has 0 aliphatic carbocycles. The van der Waals surface area contributed by atoms with Crippen molar-refractivity contribution in [1.82, 2.24) is 4.98 Å². The number of hydrogen-bond acceptors (Lipinski definition) is 4. The van der Waals surface area contributed by atoms with Crippen LogP contribution in [0.5, 0.6) is 0 Å². The Labute approximate surface area is 156 Å². The maximum absolute atomic E-state index is 12.6. The maximum Gasteiger partial charge on any atom is 0.255 e. The number of hydrogen-bond donors (Lipinski definition) is 2. The van der Waals surface area contributed by atoms with Crippen molar-refractivity contribution in [3.8, 4) is 0 Å². The van der Waals surface area contributed by atoms with Crippen LogP contribution in [-0.4, -0.2) is 25.6 Å². The van der Waals surface area contributed by atoms with E-state index in [1.807, 2.05) is 6.07 Å². The summed E-state index contributed by atoms with van der Waals surface area (Å²) in [6, 6.07) is 11.8. The first-order valence-electron chi connectivity index (χ1n) is 7.67. The Morgan fingerprint density at radius 2 is 1.88 bits per heavy atom. The average molecular weight is 390 g/mol. The van der Waals surface area contributed by atoms with E-state index in [1.54, 1.807) is 43.5 Å². The topological polar surface area (TPSA) is 88.2 Å². The molecule has 26 heavy (non-hydrogen) atoms. The van der Waals surface area contributed by atoms with Crippen LogP contribution in [0, 0.1) is 6.92 Å². The number of benzene rings is 2. The van der Waals surface area contributed by atoms with Crippen LogP contribution in [0.25, 0.3) is 10.9 Å². The standard InChI is InChI=1S/C18H16ClN3O3S/c1-11-5-6-12(10-16(11)22-26(2,24)25)18(23)21-15-8-7-14(19)13-4-3-9-20-17(13)15/h3-10,22H,1-2H3,(H,21,23). The predicted octanol–water partition coefficient (Wildman–Crippen LogP) is 3.82. The van der Waals surface area contributed by atoms with E-state index in [0.717, 1.165) is 11.6 Å². The summed E-state index contributed by atoms with van der Waals surface area (Å²) in [6.07, 6.45) is 2.68. The van der Waals surface area contributed by atoms with Gasteiger partial charge in [-0.3, -0.25) is 14.5 Å². The van der Waals surface area contributed by atoms with E-state index in [9.17, 15) is 13.2 Å². The molecular formula is C18H16ClN3O3S. The quantitative estimate of drug-likeness (QED) is 0.710. The number of nitrogens with one attached hydrogen (secondary N) is 2. The van der Waals surface area contributed by atoms with Gasteiger partial charge in [-0.15, -0.1) is 0 Å². The molecular weight excluding hydrogens is 374 g/mol. The first-order chi connectivity index (χ1) is 12.2. The van der Waals surface area contributed by atoms with Crippen LogP contribution in [-0.2, 0) is 10.0 Å². The van der Waals surface area contributed by atoms with E-state index in [1.165, 1.54) is 6.07 Å². The van der Waals surface area contributed by atoms with Crippen molar-refractivity contribution < 1.29 is 13.2 Å². The fourth-order valence-corrected chi connectivity index (χ4v) is 3.34. The Balaban J connectivity index is 1.94. The third-order valence-corrected chi connectivity index (χ3v) is 4.68. The molecule has 3 rings (SSSR count). The fraction of sp³-hybridized carbons (Fsp3) is 0.111. The molecule has 1 amide bonds. The van der Waals surface area contributed by atoms with Crippen LogP contribution < -0.4 is 10.0 Å². The fourth-order valence-electron chi connectivity index (χ4n) is 2.51. The van der Waals surface area contributed by atoms with Crippen molar-refractivity contribution >= 4 is 49.8 Å². The molecule has 1 heterocycles. The average Bonchev–Trinajstić information content (AvgIpc) is 2.58. The number of pyridine rings is 1. The summed E-state index contributed by atoms with van der Waals surface area (Å²) in [6.45, 7) is 1.76. The second-order valence-corrected chi connectivity index (χ2v) is 8.01. The lowest BCUT2D eigenvalue weighted by Gasteiger charge is -2.12. The highest BCUT2D eigenvalue weighted by Gasteiger charge is 2.13. The smallest absolute Gasteiger partial charge is 0.255 e. The Hall–Kier alpha value is -2.64. The van der Waals surface area contributed by atoms with Crippen LogP contribution in [0.4, 0.5) is 11.4 Å². The molecule has 134 valence electrons. The van der Waals surface area contributed by atoms with Crippen molar-refractivity contribution in [2.45, 2.75) is 6.92 Å². The Morgan fingerprint density at radius 3 is 2.62 bits per heavy atom. The minimum Gasteiger partial charge on any atom is -0.320 e. The molecule has 2 aromatic carbocycles. The monoisotopic (exact) mass is 389 g/mol. The molecule has 6 nitrogen and oxygen atoms in total. The van der Waals surface area contributed by atoms with Gasteiger partial charge in [0.15, 0.2) is 0 Å². The third kappa shape index (κ3) is 3.95. The van der Waals surface area contributed by atoms with Gasteiger partial charge in [0.2, 0.25) is 10.0 Å². The van der Waals surface area contributed by atoms with Crippen molar-refractivity contribution in [1.29, 1.82) is 0 Å². The molecule has 0 unspecified atom stereocenters. The van der Waals surface area contributed by atoms with Gasteiger partial charge in [-0.25, -0.2) is 8.42 Å². The zero-order valence-electron chi connectivity index (χ0n) is 14.1. The van der Waals surface area contributed by atoms with E-state index < -0.39 is 10.0 Å². The molecule has 2 N–H and O–H groups in total. The highest BCUT2D eigenvalue weighted by Crippen LogP contribution is 2.28. The summed E-state index contributed by atoms with van der Waals surface area (Å²) >= 11 is 6.16. The van der Waals surface area contributed by atoms with Crippen LogP contribution in [0.15, 0.2) is 48.7 Å². The van der Waals surface area contributed by atoms with Gasteiger partial charge in [-0.1, -0.05) is 17.7 Å². The number of anilines is 2. The SMILES string of the molecule is Cc1ccc(C(=O)Nc2ccc(Cl)c3cccnc23)cc1NS(C)(=O)=O. The molecule has 0 radical (unpaired) electrons. The molecule has 0 fully saturated rings. The van der Waals surface area contributed by atoms with Crippen LogP contribution in [0.2, 0.25) is 5.02 Å². The summed E-state index contributed by atoms with van der Waals surface area (Å²) < 4.78 is 25.4. The van der Waals surface area contributed by atoms with Crippen molar-refractivity contribution in [2.75, 3.05) is 16.3 Å². The van der Waals surface area contributed by atoms with Gasteiger partial charge in [0.1, 0.15) is 0 Å². The Bertz CT molecular complexity index is 1110. The largest absolute Gasteiger partial charge is 0.320 e. The predicted molar refractivity (Wildman–Crippen MR) is 104 cm³/mol. The number of sulfonamides is 1. The van der Waals surface area contributed by atoms with Crippen LogP contribution in [0.1, 0.15) is 15.9 Å². The number of halogens is 1. The summed E-state index contributed by atoms with van der Waals surface area (Å²) in [7, 11) is -3.44. The zero-order valence-corrected chi connectivity index (χ0v) is 15.6. The number of aromatic nitrogens is 1. The second kappa shape index (κ2) is 6.93. The lowest BCUT2D eigenvalue weighted by molar-refractivity contribution is 0.102. The summed E-state index contributed by atoms with van der Waals surface area (Å²) in [5.74, 6) is -0.379. The van der Waals surface area contributed by atoms with Crippen LogP contribution >= 0.6 is 11.6 Å². The van der Waals surface area contributed by atoms with E-state index in [0.29, 0.717) is 33.0 Å². The number of carbonyl (C=O) groups excluding carboxylic acids is 1. The number of nitrogens with zero attached hydrogens (tertiary/aromatic N) is 1. The van der Waals surface area contributed by atoms with Crippen molar-refractivity contribution in [3.63, 3.8) is 0 Å². The maximum atomic E-state index is 12.6. The summed E-state index contributed by atoms with van der Waals surface area (Å²) in [4.78, 5) is 16.9. The number of aryl methyl sites for hydroxylation is 1. The molecule has 0 saturated carbocycles. The first kappa shape index (κ1) is 18.2. The molecule has 3 aromatic rings. The van der Waals surface area contributed by atoms with Gasteiger partial charge < -0.3 is 5.32 Å².